The van der Waals surface area contributed by atoms with E-state index >= 15 is 0 Å². The SMILES string of the molecule is C[C@@H](c1nc(C(C)(C)C)no1)N1CCN(C(=O)c2ccc(Cl)cc2)CC1. The highest BCUT2D eigenvalue weighted by Crippen LogP contribution is 2.24. The molecule has 1 saturated heterocycles. The first-order valence-corrected chi connectivity index (χ1v) is 9.26. The summed E-state index contributed by atoms with van der Waals surface area (Å²) in [4.78, 5) is 21.3. The summed E-state index contributed by atoms with van der Waals surface area (Å²) >= 11 is 5.89. The molecule has 1 aromatic carbocycles. The average Bonchev–Trinajstić information content (AvgIpc) is 3.12. The minimum Gasteiger partial charge on any atom is -0.338 e. The highest BCUT2D eigenvalue weighted by Gasteiger charge is 2.29. The van der Waals surface area contributed by atoms with Crippen LogP contribution >= 0.6 is 11.6 Å². The van der Waals surface area contributed by atoms with Gasteiger partial charge in [0, 0.05) is 42.2 Å². The maximum Gasteiger partial charge on any atom is 0.253 e. The Balaban J connectivity index is 1.60. The van der Waals surface area contributed by atoms with Crippen molar-refractivity contribution in [2.24, 2.45) is 0 Å². The van der Waals surface area contributed by atoms with E-state index in [4.69, 9.17) is 16.1 Å². The summed E-state index contributed by atoms with van der Waals surface area (Å²) in [6.45, 7) is 11.1. The third-order valence-corrected chi connectivity index (χ3v) is 4.96. The first-order valence-electron chi connectivity index (χ1n) is 8.88. The lowest BCUT2D eigenvalue weighted by molar-refractivity contribution is 0.0551. The number of carbonyl (C=O) groups is 1. The van der Waals surface area contributed by atoms with E-state index in [1.54, 1.807) is 24.3 Å². The van der Waals surface area contributed by atoms with E-state index in [0.29, 0.717) is 29.6 Å². The Morgan fingerprint density at radius 2 is 1.77 bits per heavy atom. The van der Waals surface area contributed by atoms with Crippen LogP contribution in [0.15, 0.2) is 28.8 Å². The van der Waals surface area contributed by atoms with Gasteiger partial charge in [0.2, 0.25) is 5.89 Å². The maximum atomic E-state index is 12.6. The molecular formula is C19H25ClN4O2. The maximum absolute atomic E-state index is 12.6. The summed E-state index contributed by atoms with van der Waals surface area (Å²) in [6.07, 6.45) is 0. The van der Waals surface area contributed by atoms with Gasteiger partial charge in [-0.3, -0.25) is 9.69 Å². The molecule has 0 aliphatic carbocycles. The topological polar surface area (TPSA) is 62.5 Å². The summed E-state index contributed by atoms with van der Waals surface area (Å²) in [7, 11) is 0. The Morgan fingerprint density at radius 1 is 1.15 bits per heavy atom. The molecule has 0 unspecified atom stereocenters. The number of nitrogens with zero attached hydrogens (tertiary/aromatic N) is 4. The molecule has 0 saturated carbocycles. The molecule has 1 aliphatic heterocycles. The summed E-state index contributed by atoms with van der Waals surface area (Å²) < 4.78 is 5.47. The second-order valence-corrected chi connectivity index (χ2v) is 8.15. The highest BCUT2D eigenvalue weighted by atomic mass is 35.5. The molecule has 1 aromatic heterocycles. The Labute approximate surface area is 159 Å². The first kappa shape index (κ1) is 18.9. The van der Waals surface area contributed by atoms with Gasteiger partial charge >= 0.3 is 0 Å². The van der Waals surface area contributed by atoms with Crippen molar-refractivity contribution in [1.82, 2.24) is 19.9 Å². The van der Waals surface area contributed by atoms with Crippen molar-refractivity contribution in [3.63, 3.8) is 0 Å². The molecule has 2 heterocycles. The quantitative estimate of drug-likeness (QED) is 0.819. The van der Waals surface area contributed by atoms with Crippen molar-refractivity contribution >= 4 is 17.5 Å². The molecule has 1 aliphatic rings. The molecule has 0 radical (unpaired) electrons. The minimum atomic E-state index is -0.134. The van der Waals surface area contributed by atoms with Gasteiger partial charge in [0.05, 0.1) is 6.04 Å². The van der Waals surface area contributed by atoms with Gasteiger partial charge in [-0.2, -0.15) is 4.98 Å². The van der Waals surface area contributed by atoms with Crippen LogP contribution in [0.5, 0.6) is 0 Å². The fourth-order valence-electron chi connectivity index (χ4n) is 2.95. The molecule has 6 nitrogen and oxygen atoms in total. The van der Waals surface area contributed by atoms with Crippen LogP contribution in [0.4, 0.5) is 0 Å². The number of hydrogen-bond acceptors (Lipinski definition) is 5. The van der Waals surface area contributed by atoms with Crippen LogP contribution in [0.25, 0.3) is 0 Å². The predicted molar refractivity (Wildman–Crippen MR) is 100 cm³/mol. The summed E-state index contributed by atoms with van der Waals surface area (Å²) in [5.41, 5.74) is 0.535. The van der Waals surface area contributed by atoms with Gasteiger partial charge < -0.3 is 9.42 Å². The van der Waals surface area contributed by atoms with Gasteiger partial charge in [-0.25, -0.2) is 0 Å². The van der Waals surface area contributed by atoms with Gasteiger partial charge in [-0.1, -0.05) is 37.5 Å². The number of halogens is 1. The first-order chi connectivity index (χ1) is 12.3. The zero-order valence-corrected chi connectivity index (χ0v) is 16.5. The summed E-state index contributed by atoms with van der Waals surface area (Å²) in [6, 6.07) is 7.06. The Bertz CT molecular complexity index is 759. The third kappa shape index (κ3) is 4.07. The molecule has 0 spiro atoms. The Hall–Kier alpha value is -1.92. The molecule has 1 fully saturated rings. The molecule has 1 atom stereocenters. The average molecular weight is 377 g/mol. The zero-order chi connectivity index (χ0) is 18.9. The van der Waals surface area contributed by atoms with Crippen LogP contribution in [-0.2, 0) is 5.41 Å². The van der Waals surface area contributed by atoms with Crippen molar-refractivity contribution in [2.45, 2.75) is 39.2 Å². The van der Waals surface area contributed by atoms with E-state index in [2.05, 4.69) is 42.7 Å². The van der Waals surface area contributed by atoms with E-state index in [9.17, 15) is 4.79 Å². The van der Waals surface area contributed by atoms with Crippen LogP contribution in [0.1, 0.15) is 55.8 Å². The van der Waals surface area contributed by atoms with Crippen molar-refractivity contribution in [1.29, 1.82) is 0 Å². The fraction of sp³-hybridized carbons (Fsp3) is 0.526. The van der Waals surface area contributed by atoms with Gasteiger partial charge in [0.1, 0.15) is 0 Å². The molecule has 0 bridgehead atoms. The lowest BCUT2D eigenvalue weighted by Gasteiger charge is -2.36. The van der Waals surface area contributed by atoms with E-state index in [1.165, 1.54) is 0 Å². The lowest BCUT2D eigenvalue weighted by atomic mass is 9.96. The minimum absolute atomic E-state index is 0.0337. The fourth-order valence-corrected chi connectivity index (χ4v) is 3.08. The number of aromatic nitrogens is 2. The van der Waals surface area contributed by atoms with Crippen molar-refractivity contribution in [3.8, 4) is 0 Å². The van der Waals surface area contributed by atoms with Crippen molar-refractivity contribution in [2.75, 3.05) is 26.2 Å². The number of hydrogen-bond donors (Lipinski definition) is 0. The number of benzene rings is 1. The second kappa shape index (κ2) is 7.37. The van der Waals surface area contributed by atoms with Crippen molar-refractivity contribution < 1.29 is 9.32 Å². The lowest BCUT2D eigenvalue weighted by Crippen LogP contribution is -2.49. The molecular weight excluding hydrogens is 352 g/mol. The smallest absolute Gasteiger partial charge is 0.253 e. The Kier molecular flexibility index (Phi) is 5.34. The second-order valence-electron chi connectivity index (χ2n) is 7.72. The van der Waals surface area contributed by atoms with Gasteiger partial charge in [-0.05, 0) is 31.2 Å². The van der Waals surface area contributed by atoms with Gasteiger partial charge in [0.25, 0.3) is 5.91 Å². The molecule has 2 aromatic rings. The number of carbonyl (C=O) groups excluding carboxylic acids is 1. The Morgan fingerprint density at radius 3 is 2.31 bits per heavy atom. The molecule has 1 amide bonds. The summed E-state index contributed by atoms with van der Waals surface area (Å²) in [5.74, 6) is 1.39. The van der Waals surface area contributed by atoms with Crippen LogP contribution in [0.2, 0.25) is 5.02 Å². The van der Waals surface area contributed by atoms with E-state index in [0.717, 1.165) is 18.9 Å². The number of piperazine rings is 1. The number of amides is 1. The monoisotopic (exact) mass is 376 g/mol. The number of rotatable bonds is 3. The van der Waals surface area contributed by atoms with E-state index < -0.39 is 0 Å². The van der Waals surface area contributed by atoms with Crippen LogP contribution < -0.4 is 0 Å². The largest absolute Gasteiger partial charge is 0.338 e. The van der Waals surface area contributed by atoms with E-state index in [-0.39, 0.29) is 17.4 Å². The molecule has 0 N–H and O–H groups in total. The van der Waals surface area contributed by atoms with E-state index in [1.807, 2.05) is 4.90 Å². The van der Waals surface area contributed by atoms with Crippen LogP contribution in [0, 0.1) is 0 Å². The molecule has 26 heavy (non-hydrogen) atoms. The van der Waals surface area contributed by atoms with Gasteiger partial charge in [0.15, 0.2) is 5.82 Å². The van der Waals surface area contributed by atoms with Crippen LogP contribution in [-0.4, -0.2) is 52.0 Å². The highest BCUT2D eigenvalue weighted by molar-refractivity contribution is 6.30. The summed E-state index contributed by atoms with van der Waals surface area (Å²) in [5, 5.41) is 4.74. The standard InChI is InChI=1S/C19H25ClN4O2/c1-13(16-21-18(22-26-16)19(2,3)4)23-9-11-24(12-10-23)17(25)14-5-7-15(20)8-6-14/h5-8,13H,9-12H2,1-4H3/t13-/m0/s1. The predicted octanol–water partition coefficient (Wildman–Crippen LogP) is 3.54. The third-order valence-electron chi connectivity index (χ3n) is 4.71. The van der Waals surface area contributed by atoms with Crippen LogP contribution in [0.3, 0.4) is 0 Å². The van der Waals surface area contributed by atoms with Crippen molar-refractivity contribution in [3.05, 3.63) is 46.6 Å². The normalized spacial score (nSPS) is 17.3. The van der Waals surface area contributed by atoms with Gasteiger partial charge in [-0.15, -0.1) is 0 Å². The zero-order valence-electron chi connectivity index (χ0n) is 15.7. The molecule has 3 rings (SSSR count). The molecule has 140 valence electrons. The molecule has 7 heteroatoms.